The van der Waals surface area contributed by atoms with Crippen molar-refractivity contribution >= 4 is 5.82 Å². The number of aromatic nitrogens is 1. The topological polar surface area (TPSA) is 39.6 Å². The van der Waals surface area contributed by atoms with Gasteiger partial charge in [-0.3, -0.25) is 0 Å². The van der Waals surface area contributed by atoms with Crippen LogP contribution in [0.2, 0.25) is 0 Å². The smallest absolute Gasteiger partial charge is 0.128 e. The fourth-order valence-corrected chi connectivity index (χ4v) is 2.03. The Bertz CT molecular complexity index is 335. The Balaban J connectivity index is 2.02. The van der Waals surface area contributed by atoms with Crippen molar-refractivity contribution in [3.63, 3.8) is 0 Å². The van der Waals surface area contributed by atoms with Crippen molar-refractivity contribution in [2.45, 2.75) is 13.5 Å². The molecule has 1 aliphatic rings. The van der Waals surface area contributed by atoms with Crippen molar-refractivity contribution in [3.8, 4) is 0 Å². The second-order valence-electron chi connectivity index (χ2n) is 4.10. The molecule has 1 aromatic rings. The number of piperazine rings is 1. The SMILES string of the molecule is CCN1CCN(c2cc(CO)ccn2)CC1. The highest BCUT2D eigenvalue weighted by Gasteiger charge is 2.16. The molecule has 16 heavy (non-hydrogen) atoms. The van der Waals surface area contributed by atoms with Gasteiger partial charge in [0.25, 0.3) is 0 Å². The molecule has 1 aliphatic heterocycles. The zero-order valence-electron chi connectivity index (χ0n) is 9.76. The first kappa shape index (κ1) is 11.4. The van der Waals surface area contributed by atoms with Gasteiger partial charge in [0.05, 0.1) is 6.61 Å². The van der Waals surface area contributed by atoms with Crippen LogP contribution in [-0.2, 0) is 6.61 Å². The molecule has 2 heterocycles. The van der Waals surface area contributed by atoms with E-state index in [0.29, 0.717) is 0 Å². The third kappa shape index (κ3) is 2.51. The zero-order chi connectivity index (χ0) is 11.4. The van der Waals surface area contributed by atoms with Gasteiger partial charge in [-0.15, -0.1) is 0 Å². The van der Waals surface area contributed by atoms with Gasteiger partial charge >= 0.3 is 0 Å². The Morgan fingerprint density at radius 1 is 1.31 bits per heavy atom. The molecule has 1 saturated heterocycles. The molecule has 0 saturated carbocycles. The quantitative estimate of drug-likeness (QED) is 0.816. The Labute approximate surface area is 96.5 Å². The number of likely N-dealkylation sites (N-methyl/N-ethyl adjacent to an activating group) is 1. The van der Waals surface area contributed by atoms with Crippen LogP contribution in [0.3, 0.4) is 0 Å². The highest BCUT2D eigenvalue weighted by Crippen LogP contribution is 2.14. The first-order valence-corrected chi connectivity index (χ1v) is 5.86. The summed E-state index contributed by atoms with van der Waals surface area (Å²) in [5, 5.41) is 9.09. The lowest BCUT2D eigenvalue weighted by Crippen LogP contribution is -2.46. The number of anilines is 1. The molecule has 0 spiro atoms. The molecule has 2 rings (SSSR count). The molecule has 0 amide bonds. The summed E-state index contributed by atoms with van der Waals surface area (Å²) in [5.74, 6) is 0.988. The van der Waals surface area contributed by atoms with E-state index >= 15 is 0 Å². The molecule has 0 unspecified atom stereocenters. The highest BCUT2D eigenvalue weighted by atomic mass is 16.3. The van der Waals surface area contributed by atoms with E-state index in [0.717, 1.165) is 44.1 Å². The number of hydrogen-bond donors (Lipinski definition) is 1. The fourth-order valence-electron chi connectivity index (χ4n) is 2.03. The van der Waals surface area contributed by atoms with Gasteiger partial charge in [-0.1, -0.05) is 6.92 Å². The number of pyridine rings is 1. The number of nitrogens with zero attached hydrogens (tertiary/aromatic N) is 3. The minimum Gasteiger partial charge on any atom is -0.392 e. The second-order valence-corrected chi connectivity index (χ2v) is 4.10. The Kier molecular flexibility index (Phi) is 3.74. The standard InChI is InChI=1S/C12H19N3O/c1-2-14-5-7-15(8-6-14)12-9-11(10-16)3-4-13-12/h3-4,9,16H,2,5-8,10H2,1H3. The van der Waals surface area contributed by atoms with Gasteiger partial charge in [0, 0.05) is 32.4 Å². The van der Waals surface area contributed by atoms with Gasteiger partial charge in [0.1, 0.15) is 5.82 Å². The summed E-state index contributed by atoms with van der Waals surface area (Å²) in [5.41, 5.74) is 0.933. The van der Waals surface area contributed by atoms with E-state index in [9.17, 15) is 0 Å². The van der Waals surface area contributed by atoms with Crippen LogP contribution in [0.5, 0.6) is 0 Å². The van der Waals surface area contributed by atoms with E-state index in [1.165, 1.54) is 0 Å². The first-order valence-electron chi connectivity index (χ1n) is 5.86. The predicted octanol–water partition coefficient (Wildman–Crippen LogP) is 0.716. The monoisotopic (exact) mass is 221 g/mol. The molecule has 88 valence electrons. The number of rotatable bonds is 3. The zero-order valence-corrected chi connectivity index (χ0v) is 9.76. The molecule has 4 nitrogen and oxygen atoms in total. The lowest BCUT2D eigenvalue weighted by atomic mass is 10.2. The van der Waals surface area contributed by atoms with Crippen LogP contribution >= 0.6 is 0 Å². The summed E-state index contributed by atoms with van der Waals surface area (Å²) in [6, 6.07) is 3.83. The maximum absolute atomic E-state index is 9.09. The molecule has 0 atom stereocenters. The van der Waals surface area contributed by atoms with Crippen molar-refractivity contribution in [2.24, 2.45) is 0 Å². The maximum atomic E-state index is 9.09. The maximum Gasteiger partial charge on any atom is 0.128 e. The van der Waals surface area contributed by atoms with E-state index in [1.54, 1.807) is 6.20 Å². The minimum absolute atomic E-state index is 0.0877. The minimum atomic E-state index is 0.0877. The van der Waals surface area contributed by atoms with Crippen molar-refractivity contribution in [1.82, 2.24) is 9.88 Å². The van der Waals surface area contributed by atoms with E-state index in [4.69, 9.17) is 5.11 Å². The van der Waals surface area contributed by atoms with Crippen molar-refractivity contribution in [2.75, 3.05) is 37.6 Å². The third-order valence-electron chi connectivity index (χ3n) is 3.14. The van der Waals surface area contributed by atoms with Crippen LogP contribution in [0.15, 0.2) is 18.3 Å². The van der Waals surface area contributed by atoms with Gasteiger partial charge in [0.15, 0.2) is 0 Å². The lowest BCUT2D eigenvalue weighted by Gasteiger charge is -2.34. The van der Waals surface area contributed by atoms with Gasteiger partial charge in [-0.05, 0) is 24.2 Å². The molecule has 1 fully saturated rings. The summed E-state index contributed by atoms with van der Waals surface area (Å²) < 4.78 is 0. The largest absolute Gasteiger partial charge is 0.392 e. The van der Waals surface area contributed by atoms with E-state index < -0.39 is 0 Å². The van der Waals surface area contributed by atoms with Crippen LogP contribution in [0.4, 0.5) is 5.82 Å². The molecule has 0 radical (unpaired) electrons. The summed E-state index contributed by atoms with van der Waals surface area (Å²) in [7, 11) is 0. The molecule has 1 aromatic heterocycles. The van der Waals surface area contributed by atoms with E-state index in [1.807, 2.05) is 12.1 Å². The summed E-state index contributed by atoms with van der Waals surface area (Å²) in [6.45, 7) is 7.65. The van der Waals surface area contributed by atoms with Crippen molar-refractivity contribution in [1.29, 1.82) is 0 Å². The van der Waals surface area contributed by atoms with Crippen LogP contribution in [0, 0.1) is 0 Å². The van der Waals surface area contributed by atoms with E-state index in [2.05, 4.69) is 21.7 Å². The Morgan fingerprint density at radius 3 is 2.69 bits per heavy atom. The van der Waals surface area contributed by atoms with Crippen molar-refractivity contribution < 1.29 is 5.11 Å². The summed E-state index contributed by atoms with van der Waals surface area (Å²) in [6.07, 6.45) is 1.77. The van der Waals surface area contributed by atoms with Crippen LogP contribution in [0.1, 0.15) is 12.5 Å². The molecular formula is C12H19N3O. The van der Waals surface area contributed by atoms with Crippen molar-refractivity contribution in [3.05, 3.63) is 23.9 Å². The van der Waals surface area contributed by atoms with Gasteiger partial charge < -0.3 is 14.9 Å². The summed E-state index contributed by atoms with van der Waals surface area (Å²) >= 11 is 0. The van der Waals surface area contributed by atoms with Gasteiger partial charge in [0.2, 0.25) is 0 Å². The Morgan fingerprint density at radius 2 is 2.06 bits per heavy atom. The Hall–Kier alpha value is -1.13. The number of aliphatic hydroxyl groups is 1. The highest BCUT2D eigenvalue weighted by molar-refractivity contribution is 5.41. The molecule has 0 aromatic carbocycles. The van der Waals surface area contributed by atoms with Crippen LogP contribution < -0.4 is 4.90 Å². The molecule has 1 N–H and O–H groups in total. The van der Waals surface area contributed by atoms with Gasteiger partial charge in [-0.2, -0.15) is 0 Å². The predicted molar refractivity (Wildman–Crippen MR) is 64.5 cm³/mol. The number of hydrogen-bond acceptors (Lipinski definition) is 4. The average Bonchev–Trinajstić information content (AvgIpc) is 2.39. The third-order valence-corrected chi connectivity index (χ3v) is 3.14. The molecule has 0 bridgehead atoms. The van der Waals surface area contributed by atoms with Gasteiger partial charge in [-0.25, -0.2) is 4.98 Å². The average molecular weight is 221 g/mol. The number of aliphatic hydroxyl groups excluding tert-OH is 1. The van der Waals surface area contributed by atoms with E-state index in [-0.39, 0.29) is 6.61 Å². The van der Waals surface area contributed by atoms with Crippen LogP contribution in [-0.4, -0.2) is 47.7 Å². The lowest BCUT2D eigenvalue weighted by molar-refractivity contribution is 0.270. The summed E-state index contributed by atoms with van der Waals surface area (Å²) in [4.78, 5) is 9.08. The molecular weight excluding hydrogens is 202 g/mol. The van der Waals surface area contributed by atoms with Crippen LogP contribution in [0.25, 0.3) is 0 Å². The fraction of sp³-hybridized carbons (Fsp3) is 0.583. The second kappa shape index (κ2) is 5.27. The molecule has 0 aliphatic carbocycles. The normalized spacial score (nSPS) is 17.8. The molecule has 4 heteroatoms. The first-order chi connectivity index (χ1) is 7.83.